The van der Waals surface area contributed by atoms with Crippen LogP contribution < -0.4 is 0 Å². The third kappa shape index (κ3) is 3.23. The summed E-state index contributed by atoms with van der Waals surface area (Å²) in [5.41, 5.74) is 1.40. The summed E-state index contributed by atoms with van der Waals surface area (Å²) in [5.74, 6) is 0.738. The molecule has 1 radical (unpaired) electrons. The molecular formula is C10H12I. The maximum atomic E-state index is 3.13. The zero-order chi connectivity index (χ0) is 8.27. The highest BCUT2D eigenvalue weighted by Crippen LogP contribution is 2.11. The predicted octanol–water partition coefficient (Wildman–Crippen LogP) is 3.29. The van der Waals surface area contributed by atoms with Crippen LogP contribution in [0.1, 0.15) is 19.4 Å². The minimum Gasteiger partial charge on any atom is -0.0625 e. The first kappa shape index (κ1) is 9.04. The minimum atomic E-state index is 0.738. The van der Waals surface area contributed by atoms with Crippen molar-refractivity contribution in [3.63, 3.8) is 0 Å². The van der Waals surface area contributed by atoms with Crippen LogP contribution in [0.25, 0.3) is 0 Å². The number of hydrogen-bond acceptors (Lipinski definition) is 0. The fourth-order valence-electron chi connectivity index (χ4n) is 1.08. The minimum absolute atomic E-state index is 0.738. The highest BCUT2D eigenvalue weighted by molar-refractivity contribution is 14.1. The van der Waals surface area contributed by atoms with E-state index in [-0.39, 0.29) is 0 Å². The Hall–Kier alpha value is -0.0500. The molecule has 0 aromatic heterocycles. The average Bonchev–Trinajstić information content (AvgIpc) is 1.85. The van der Waals surface area contributed by atoms with Gasteiger partial charge in [-0.1, -0.05) is 19.9 Å². The van der Waals surface area contributed by atoms with Crippen LogP contribution in [0.2, 0.25) is 0 Å². The molecule has 0 nitrogen and oxygen atoms in total. The van der Waals surface area contributed by atoms with E-state index in [1.165, 1.54) is 9.13 Å². The van der Waals surface area contributed by atoms with Gasteiger partial charge >= 0.3 is 0 Å². The van der Waals surface area contributed by atoms with Crippen LogP contribution in [-0.2, 0) is 6.42 Å². The van der Waals surface area contributed by atoms with E-state index in [4.69, 9.17) is 0 Å². The molecule has 0 amide bonds. The van der Waals surface area contributed by atoms with Gasteiger partial charge in [-0.3, -0.25) is 0 Å². The SMILES string of the molecule is CC(C)Cc1c[c]cc(I)c1. The molecule has 0 saturated carbocycles. The lowest BCUT2D eigenvalue weighted by molar-refractivity contribution is 0.647. The van der Waals surface area contributed by atoms with Crippen LogP contribution in [0.3, 0.4) is 0 Å². The van der Waals surface area contributed by atoms with E-state index in [0.717, 1.165) is 12.3 Å². The third-order valence-corrected chi connectivity index (χ3v) is 2.08. The Morgan fingerprint density at radius 3 is 2.73 bits per heavy atom. The van der Waals surface area contributed by atoms with Crippen LogP contribution in [0.15, 0.2) is 18.2 Å². The van der Waals surface area contributed by atoms with Crippen molar-refractivity contribution in [1.82, 2.24) is 0 Å². The fraction of sp³-hybridized carbons (Fsp3) is 0.400. The number of halogens is 1. The predicted molar refractivity (Wildman–Crippen MR) is 56.5 cm³/mol. The fourth-order valence-corrected chi connectivity index (χ4v) is 1.66. The summed E-state index contributed by atoms with van der Waals surface area (Å²) in [6, 6.07) is 9.42. The molecule has 0 fully saturated rings. The van der Waals surface area contributed by atoms with Gasteiger partial charge in [0.15, 0.2) is 0 Å². The van der Waals surface area contributed by atoms with Crippen LogP contribution in [-0.4, -0.2) is 0 Å². The normalized spacial score (nSPS) is 10.5. The smallest absolute Gasteiger partial charge is 0.0139 e. The summed E-state index contributed by atoms with van der Waals surface area (Å²) < 4.78 is 1.28. The Bertz CT molecular complexity index is 228. The molecule has 0 N–H and O–H groups in total. The first-order valence-corrected chi connectivity index (χ1v) is 4.92. The Morgan fingerprint density at radius 1 is 1.45 bits per heavy atom. The summed E-state index contributed by atoms with van der Waals surface area (Å²) in [7, 11) is 0. The summed E-state index contributed by atoms with van der Waals surface area (Å²) in [6.07, 6.45) is 1.16. The first-order valence-electron chi connectivity index (χ1n) is 3.84. The molecule has 1 aromatic carbocycles. The van der Waals surface area contributed by atoms with Crippen LogP contribution in [0.5, 0.6) is 0 Å². The second-order valence-electron chi connectivity index (χ2n) is 3.16. The highest BCUT2D eigenvalue weighted by Gasteiger charge is 1.96. The Labute approximate surface area is 82.2 Å². The Kier molecular flexibility index (Phi) is 3.37. The highest BCUT2D eigenvalue weighted by atomic mass is 127. The maximum absolute atomic E-state index is 3.13. The van der Waals surface area contributed by atoms with Crippen molar-refractivity contribution in [3.8, 4) is 0 Å². The summed E-state index contributed by atoms with van der Waals surface area (Å²) >= 11 is 2.32. The molecular weight excluding hydrogens is 247 g/mol. The summed E-state index contributed by atoms with van der Waals surface area (Å²) in [6.45, 7) is 4.47. The molecule has 0 atom stereocenters. The lowest BCUT2D eigenvalue weighted by Gasteiger charge is -2.03. The largest absolute Gasteiger partial charge is 0.0625 e. The molecule has 59 valence electrons. The van der Waals surface area contributed by atoms with E-state index in [9.17, 15) is 0 Å². The van der Waals surface area contributed by atoms with Crippen LogP contribution >= 0.6 is 22.6 Å². The van der Waals surface area contributed by atoms with E-state index in [1.807, 2.05) is 6.07 Å². The second kappa shape index (κ2) is 4.10. The van der Waals surface area contributed by atoms with Gasteiger partial charge in [-0.15, -0.1) is 0 Å². The molecule has 0 unspecified atom stereocenters. The average molecular weight is 259 g/mol. The number of rotatable bonds is 2. The number of hydrogen-bond donors (Lipinski definition) is 0. The van der Waals surface area contributed by atoms with Gasteiger partial charge in [0, 0.05) is 3.57 Å². The van der Waals surface area contributed by atoms with E-state index < -0.39 is 0 Å². The third-order valence-electron chi connectivity index (χ3n) is 1.46. The summed E-state index contributed by atoms with van der Waals surface area (Å²) in [4.78, 5) is 0. The lowest BCUT2D eigenvalue weighted by Crippen LogP contribution is -1.93. The van der Waals surface area contributed by atoms with Gasteiger partial charge < -0.3 is 0 Å². The molecule has 0 saturated heterocycles. The van der Waals surface area contributed by atoms with Crippen molar-refractivity contribution < 1.29 is 0 Å². The molecule has 0 aliphatic carbocycles. The van der Waals surface area contributed by atoms with Crippen molar-refractivity contribution in [3.05, 3.63) is 33.4 Å². The van der Waals surface area contributed by atoms with Gasteiger partial charge in [-0.05, 0) is 58.7 Å². The van der Waals surface area contributed by atoms with Gasteiger partial charge in [0.2, 0.25) is 0 Å². The standard InChI is InChI=1S/C10H12I/c1-8(2)6-9-4-3-5-10(11)7-9/h4-5,7-8H,6H2,1-2H3. The summed E-state index contributed by atoms with van der Waals surface area (Å²) in [5, 5.41) is 0. The monoisotopic (exact) mass is 259 g/mol. The van der Waals surface area contributed by atoms with E-state index in [2.05, 4.69) is 54.6 Å². The zero-order valence-corrected chi connectivity index (χ0v) is 9.05. The van der Waals surface area contributed by atoms with Crippen LogP contribution in [0.4, 0.5) is 0 Å². The number of benzene rings is 1. The molecule has 0 heterocycles. The molecule has 0 spiro atoms. The van der Waals surface area contributed by atoms with Gasteiger partial charge in [0.1, 0.15) is 0 Å². The van der Waals surface area contributed by atoms with E-state index in [1.54, 1.807) is 0 Å². The lowest BCUT2D eigenvalue weighted by atomic mass is 10.0. The van der Waals surface area contributed by atoms with Crippen molar-refractivity contribution in [2.24, 2.45) is 5.92 Å². The van der Waals surface area contributed by atoms with E-state index >= 15 is 0 Å². The van der Waals surface area contributed by atoms with Crippen LogP contribution in [0, 0.1) is 15.6 Å². The van der Waals surface area contributed by atoms with Crippen molar-refractivity contribution in [1.29, 1.82) is 0 Å². The van der Waals surface area contributed by atoms with Gasteiger partial charge in [-0.25, -0.2) is 0 Å². The van der Waals surface area contributed by atoms with E-state index in [0.29, 0.717) is 0 Å². The maximum Gasteiger partial charge on any atom is 0.0139 e. The molecule has 1 rings (SSSR count). The van der Waals surface area contributed by atoms with Gasteiger partial charge in [0.25, 0.3) is 0 Å². The molecule has 0 aliphatic rings. The Balaban J connectivity index is 2.71. The molecule has 0 aliphatic heterocycles. The quantitative estimate of drug-likeness (QED) is 0.715. The molecule has 1 aromatic rings. The molecule has 11 heavy (non-hydrogen) atoms. The Morgan fingerprint density at radius 2 is 2.18 bits per heavy atom. The first-order chi connectivity index (χ1) is 5.18. The second-order valence-corrected chi connectivity index (χ2v) is 4.40. The van der Waals surface area contributed by atoms with Gasteiger partial charge in [-0.2, -0.15) is 0 Å². The van der Waals surface area contributed by atoms with Crippen molar-refractivity contribution >= 4 is 22.6 Å². The molecule has 1 heteroatoms. The van der Waals surface area contributed by atoms with Gasteiger partial charge in [0.05, 0.1) is 0 Å². The molecule has 0 bridgehead atoms. The zero-order valence-electron chi connectivity index (χ0n) is 6.89. The van der Waals surface area contributed by atoms with Crippen molar-refractivity contribution in [2.45, 2.75) is 20.3 Å². The topological polar surface area (TPSA) is 0 Å². The van der Waals surface area contributed by atoms with Crippen molar-refractivity contribution in [2.75, 3.05) is 0 Å².